The number of rotatable bonds is 6. The Morgan fingerprint density at radius 1 is 0.967 bits per heavy atom. The lowest BCUT2D eigenvalue weighted by atomic mass is 10.0. The van der Waals surface area contributed by atoms with Gasteiger partial charge in [-0.15, -0.1) is 0 Å². The van der Waals surface area contributed by atoms with E-state index in [1.54, 1.807) is 0 Å². The average Bonchev–Trinajstić information content (AvgIpc) is 3.22. The zero-order chi connectivity index (χ0) is 21.1. The number of hydrogen-bond acceptors (Lipinski definition) is 5. The third kappa shape index (κ3) is 4.77. The topological polar surface area (TPSA) is 54.0 Å². The molecule has 1 amide bonds. The molecule has 0 bridgehead atoms. The SMILES string of the molecule is CC(C)c1ccc(NC(=O)[C@@H](C)N2CCN(Cc3ccc4c(c3)OCO4)CC2)cc1. The summed E-state index contributed by atoms with van der Waals surface area (Å²) in [6.45, 7) is 11.2. The maximum atomic E-state index is 12.7. The summed E-state index contributed by atoms with van der Waals surface area (Å²) in [7, 11) is 0. The first-order valence-electron chi connectivity index (χ1n) is 10.8. The molecule has 4 rings (SSSR count). The molecule has 160 valence electrons. The molecule has 2 aliphatic rings. The first-order chi connectivity index (χ1) is 14.5. The van der Waals surface area contributed by atoms with Crippen LogP contribution in [0.1, 0.15) is 37.8 Å². The molecular formula is C24H31N3O3. The Labute approximate surface area is 178 Å². The van der Waals surface area contributed by atoms with Crippen LogP contribution >= 0.6 is 0 Å². The van der Waals surface area contributed by atoms with E-state index in [1.807, 2.05) is 25.1 Å². The number of amides is 1. The molecule has 0 radical (unpaired) electrons. The monoisotopic (exact) mass is 409 g/mol. The Bertz CT molecular complexity index is 874. The zero-order valence-corrected chi connectivity index (χ0v) is 18.1. The Kier molecular flexibility index (Phi) is 6.25. The summed E-state index contributed by atoms with van der Waals surface area (Å²) in [5, 5.41) is 3.06. The summed E-state index contributed by atoms with van der Waals surface area (Å²) in [6.07, 6.45) is 0. The smallest absolute Gasteiger partial charge is 0.241 e. The number of carbonyl (C=O) groups is 1. The minimum Gasteiger partial charge on any atom is -0.454 e. The molecule has 2 aliphatic heterocycles. The number of benzene rings is 2. The number of piperazine rings is 1. The van der Waals surface area contributed by atoms with Gasteiger partial charge in [0.2, 0.25) is 12.7 Å². The largest absolute Gasteiger partial charge is 0.454 e. The summed E-state index contributed by atoms with van der Waals surface area (Å²) < 4.78 is 10.9. The maximum Gasteiger partial charge on any atom is 0.241 e. The van der Waals surface area contributed by atoms with E-state index >= 15 is 0 Å². The second-order valence-corrected chi connectivity index (χ2v) is 8.44. The van der Waals surface area contributed by atoms with Crippen molar-refractivity contribution in [3.05, 3.63) is 53.6 Å². The quantitative estimate of drug-likeness (QED) is 0.789. The van der Waals surface area contributed by atoms with Crippen LogP contribution in [0.5, 0.6) is 11.5 Å². The van der Waals surface area contributed by atoms with E-state index in [1.165, 1.54) is 11.1 Å². The number of nitrogens with zero attached hydrogens (tertiary/aromatic N) is 2. The summed E-state index contributed by atoms with van der Waals surface area (Å²) >= 11 is 0. The van der Waals surface area contributed by atoms with Crippen molar-refractivity contribution in [2.75, 3.05) is 38.3 Å². The Hall–Kier alpha value is -2.57. The predicted molar refractivity (Wildman–Crippen MR) is 118 cm³/mol. The van der Waals surface area contributed by atoms with Crippen molar-refractivity contribution in [2.24, 2.45) is 0 Å². The minimum atomic E-state index is -0.150. The van der Waals surface area contributed by atoms with Gasteiger partial charge < -0.3 is 14.8 Å². The Morgan fingerprint density at radius 3 is 2.37 bits per heavy atom. The van der Waals surface area contributed by atoms with Crippen LogP contribution in [-0.4, -0.2) is 54.7 Å². The molecule has 6 heteroatoms. The fraction of sp³-hybridized carbons (Fsp3) is 0.458. The highest BCUT2D eigenvalue weighted by Crippen LogP contribution is 2.32. The van der Waals surface area contributed by atoms with Gasteiger partial charge in [-0.1, -0.05) is 32.0 Å². The summed E-state index contributed by atoms with van der Waals surface area (Å²) in [6, 6.07) is 14.1. The fourth-order valence-corrected chi connectivity index (χ4v) is 3.97. The van der Waals surface area contributed by atoms with Crippen molar-refractivity contribution < 1.29 is 14.3 Å². The van der Waals surface area contributed by atoms with Crippen LogP contribution in [0.4, 0.5) is 5.69 Å². The first-order valence-corrected chi connectivity index (χ1v) is 10.8. The lowest BCUT2D eigenvalue weighted by molar-refractivity contribution is -0.121. The van der Waals surface area contributed by atoms with Crippen LogP contribution in [0.2, 0.25) is 0 Å². The van der Waals surface area contributed by atoms with Crippen molar-refractivity contribution in [1.82, 2.24) is 9.80 Å². The van der Waals surface area contributed by atoms with E-state index in [0.717, 1.165) is 49.9 Å². The molecule has 0 spiro atoms. The minimum absolute atomic E-state index is 0.0523. The summed E-state index contributed by atoms with van der Waals surface area (Å²) in [5.74, 6) is 2.19. The molecule has 0 aliphatic carbocycles. The van der Waals surface area contributed by atoms with Gasteiger partial charge in [-0.2, -0.15) is 0 Å². The Morgan fingerprint density at radius 2 is 1.67 bits per heavy atom. The molecule has 2 heterocycles. The van der Waals surface area contributed by atoms with E-state index in [0.29, 0.717) is 12.7 Å². The highest BCUT2D eigenvalue weighted by molar-refractivity contribution is 5.94. The molecule has 2 aromatic carbocycles. The molecule has 1 saturated heterocycles. The van der Waals surface area contributed by atoms with Crippen LogP contribution in [0, 0.1) is 0 Å². The van der Waals surface area contributed by atoms with Crippen LogP contribution in [0.3, 0.4) is 0 Å². The van der Waals surface area contributed by atoms with Gasteiger partial charge in [0.15, 0.2) is 11.5 Å². The molecular weight excluding hydrogens is 378 g/mol. The number of anilines is 1. The van der Waals surface area contributed by atoms with Gasteiger partial charge in [-0.3, -0.25) is 14.6 Å². The molecule has 0 saturated carbocycles. The number of carbonyl (C=O) groups excluding carboxylic acids is 1. The normalized spacial score (nSPS) is 17.9. The van der Waals surface area contributed by atoms with Crippen LogP contribution in [0.25, 0.3) is 0 Å². The van der Waals surface area contributed by atoms with Gasteiger partial charge in [0.25, 0.3) is 0 Å². The molecule has 0 unspecified atom stereocenters. The third-order valence-electron chi connectivity index (χ3n) is 6.02. The molecule has 2 aromatic rings. The van der Waals surface area contributed by atoms with E-state index in [-0.39, 0.29) is 11.9 Å². The second kappa shape index (κ2) is 9.06. The van der Waals surface area contributed by atoms with E-state index in [9.17, 15) is 4.79 Å². The van der Waals surface area contributed by atoms with Crippen molar-refractivity contribution in [3.63, 3.8) is 0 Å². The first kappa shape index (κ1) is 20.7. The number of hydrogen-bond donors (Lipinski definition) is 1. The van der Waals surface area contributed by atoms with Crippen LogP contribution in [-0.2, 0) is 11.3 Å². The van der Waals surface area contributed by atoms with E-state index in [4.69, 9.17) is 9.47 Å². The van der Waals surface area contributed by atoms with Gasteiger partial charge in [0, 0.05) is 38.4 Å². The molecule has 1 atom stereocenters. The highest BCUT2D eigenvalue weighted by Gasteiger charge is 2.26. The standard InChI is InChI=1S/C24H31N3O3/c1-17(2)20-5-7-21(8-6-20)25-24(28)18(3)27-12-10-26(11-13-27)15-19-4-9-22-23(14-19)30-16-29-22/h4-9,14,17-18H,10-13,15-16H2,1-3H3,(H,25,28)/t18-/m1/s1. The van der Waals surface area contributed by atoms with Crippen molar-refractivity contribution in [2.45, 2.75) is 39.3 Å². The van der Waals surface area contributed by atoms with Crippen LogP contribution < -0.4 is 14.8 Å². The summed E-state index contributed by atoms with van der Waals surface area (Å²) in [4.78, 5) is 17.4. The van der Waals surface area contributed by atoms with E-state index in [2.05, 4.69) is 53.2 Å². The molecule has 0 aromatic heterocycles. The van der Waals surface area contributed by atoms with Crippen molar-refractivity contribution in [1.29, 1.82) is 0 Å². The maximum absolute atomic E-state index is 12.7. The molecule has 1 fully saturated rings. The van der Waals surface area contributed by atoms with Gasteiger partial charge in [-0.05, 0) is 48.2 Å². The predicted octanol–water partition coefficient (Wildman–Crippen LogP) is 3.68. The second-order valence-electron chi connectivity index (χ2n) is 8.44. The van der Waals surface area contributed by atoms with Crippen molar-refractivity contribution in [3.8, 4) is 11.5 Å². The van der Waals surface area contributed by atoms with Gasteiger partial charge in [-0.25, -0.2) is 0 Å². The number of fused-ring (bicyclic) bond motifs is 1. The van der Waals surface area contributed by atoms with Crippen LogP contribution in [0.15, 0.2) is 42.5 Å². The number of ether oxygens (including phenoxy) is 2. The fourth-order valence-electron chi connectivity index (χ4n) is 3.97. The van der Waals surface area contributed by atoms with Gasteiger partial charge >= 0.3 is 0 Å². The zero-order valence-electron chi connectivity index (χ0n) is 18.1. The van der Waals surface area contributed by atoms with Gasteiger partial charge in [0.05, 0.1) is 6.04 Å². The average molecular weight is 410 g/mol. The number of nitrogens with one attached hydrogen (secondary N) is 1. The van der Waals surface area contributed by atoms with E-state index < -0.39 is 0 Å². The molecule has 6 nitrogen and oxygen atoms in total. The highest BCUT2D eigenvalue weighted by atomic mass is 16.7. The lowest BCUT2D eigenvalue weighted by Crippen LogP contribution is -2.52. The Balaban J connectivity index is 1.26. The third-order valence-corrected chi connectivity index (χ3v) is 6.02. The van der Waals surface area contributed by atoms with Crippen molar-refractivity contribution >= 4 is 11.6 Å². The lowest BCUT2D eigenvalue weighted by Gasteiger charge is -2.37. The van der Waals surface area contributed by atoms with Gasteiger partial charge in [0.1, 0.15) is 0 Å². The summed E-state index contributed by atoms with van der Waals surface area (Å²) in [5.41, 5.74) is 3.36. The molecule has 1 N–H and O–H groups in total. The molecule has 30 heavy (non-hydrogen) atoms.